The highest BCUT2D eigenvalue weighted by molar-refractivity contribution is 5.65. The first-order valence-electron chi connectivity index (χ1n) is 7.05. The van der Waals surface area contributed by atoms with Gasteiger partial charge in [-0.2, -0.15) is 0 Å². The number of aromatic nitrogens is 3. The van der Waals surface area contributed by atoms with Crippen LogP contribution in [0.5, 0.6) is 0 Å². The first-order chi connectivity index (χ1) is 9.78. The normalized spacial score (nSPS) is 11.2. The number of anilines is 2. The summed E-state index contributed by atoms with van der Waals surface area (Å²) in [7, 11) is 0. The molecule has 20 heavy (non-hydrogen) atoms. The number of nitrogens with zero attached hydrogens (tertiary/aromatic N) is 4. The molecule has 0 unspecified atom stereocenters. The minimum absolute atomic E-state index is 0.610. The largest absolute Gasteiger partial charge is 0.366 e. The van der Waals surface area contributed by atoms with Gasteiger partial charge in [0.1, 0.15) is 0 Å². The fourth-order valence-corrected chi connectivity index (χ4v) is 2.20. The molecule has 0 aliphatic carbocycles. The number of hydrazine groups is 1. The number of hydrogen-bond acceptors (Lipinski definition) is 6. The lowest BCUT2D eigenvalue weighted by Crippen LogP contribution is -2.30. The zero-order chi connectivity index (χ0) is 14.4. The van der Waals surface area contributed by atoms with Gasteiger partial charge in [0.25, 0.3) is 0 Å². The average Bonchev–Trinajstić information content (AvgIpc) is 2.94. The molecule has 0 aliphatic heterocycles. The van der Waals surface area contributed by atoms with Crippen LogP contribution in [0, 0.1) is 0 Å². The minimum Gasteiger partial charge on any atom is -0.366 e. The number of hydrogen-bond donors (Lipinski definition) is 3. The second-order valence-corrected chi connectivity index (χ2v) is 4.64. The monoisotopic (exact) mass is 277 g/mol. The molecule has 2 rings (SSSR count). The Hall–Kier alpha value is -1.86. The molecule has 0 bridgehead atoms. The fraction of sp³-hybridized carbons (Fsp3) is 0.538. The van der Waals surface area contributed by atoms with Gasteiger partial charge in [0.05, 0.1) is 6.20 Å². The molecule has 0 saturated heterocycles. The van der Waals surface area contributed by atoms with E-state index in [1.165, 1.54) is 6.42 Å². The number of nitrogen functional groups attached to an aromatic ring is 1. The predicted octanol–water partition coefficient (Wildman–Crippen LogP) is 1.16. The molecule has 0 spiro atoms. The molecular weight excluding hydrogens is 254 g/mol. The van der Waals surface area contributed by atoms with Crippen LogP contribution in [-0.2, 0) is 0 Å². The summed E-state index contributed by atoms with van der Waals surface area (Å²) < 4.78 is 1.90. The molecule has 0 saturated carbocycles. The van der Waals surface area contributed by atoms with Crippen molar-refractivity contribution in [3.63, 3.8) is 0 Å². The molecule has 0 atom stereocenters. The van der Waals surface area contributed by atoms with Crippen molar-refractivity contribution >= 4 is 17.3 Å². The maximum absolute atomic E-state index is 5.43. The van der Waals surface area contributed by atoms with Gasteiger partial charge >= 0.3 is 0 Å². The molecule has 110 valence electrons. The van der Waals surface area contributed by atoms with E-state index in [1.54, 1.807) is 6.20 Å². The summed E-state index contributed by atoms with van der Waals surface area (Å²) in [6.07, 6.45) is 6.60. The molecule has 2 aromatic heterocycles. The van der Waals surface area contributed by atoms with E-state index in [2.05, 4.69) is 39.5 Å². The van der Waals surface area contributed by atoms with E-state index in [4.69, 9.17) is 5.84 Å². The quantitative estimate of drug-likeness (QED) is 0.496. The number of fused-ring (bicyclic) bond motifs is 1. The van der Waals surface area contributed by atoms with Crippen LogP contribution in [0.4, 0.5) is 11.6 Å². The van der Waals surface area contributed by atoms with Crippen molar-refractivity contribution in [2.75, 3.05) is 36.9 Å². The van der Waals surface area contributed by atoms with Gasteiger partial charge in [-0.1, -0.05) is 13.8 Å². The second kappa shape index (κ2) is 7.06. The van der Waals surface area contributed by atoms with Crippen LogP contribution >= 0.6 is 0 Å². The average molecular weight is 277 g/mol. The van der Waals surface area contributed by atoms with Crippen molar-refractivity contribution in [1.29, 1.82) is 0 Å². The van der Waals surface area contributed by atoms with Gasteiger partial charge in [-0.05, 0) is 19.5 Å². The lowest BCUT2D eigenvalue weighted by molar-refractivity contribution is 0.300. The van der Waals surface area contributed by atoms with Crippen molar-refractivity contribution in [3.05, 3.63) is 18.6 Å². The van der Waals surface area contributed by atoms with Crippen LogP contribution in [0.15, 0.2) is 18.6 Å². The number of likely N-dealkylation sites (N-methyl/N-ethyl adjacent to an activating group) is 1. The SMILES string of the molecule is CCCN(CC)CCNc1nc(NN)cn2ccnc12. The Balaban J connectivity index is 2.03. The fourth-order valence-electron chi connectivity index (χ4n) is 2.20. The number of imidazole rings is 1. The molecule has 2 aromatic rings. The third-order valence-corrected chi connectivity index (χ3v) is 3.23. The number of nitrogens with one attached hydrogen (secondary N) is 2. The van der Waals surface area contributed by atoms with Crippen molar-refractivity contribution < 1.29 is 0 Å². The van der Waals surface area contributed by atoms with Crippen molar-refractivity contribution in [2.24, 2.45) is 5.84 Å². The summed E-state index contributed by atoms with van der Waals surface area (Å²) in [6, 6.07) is 0. The topological polar surface area (TPSA) is 83.5 Å². The molecule has 2 heterocycles. The summed E-state index contributed by atoms with van der Waals surface area (Å²) in [4.78, 5) is 11.1. The van der Waals surface area contributed by atoms with Crippen LogP contribution in [0.3, 0.4) is 0 Å². The lowest BCUT2D eigenvalue weighted by Gasteiger charge is -2.19. The molecule has 7 heteroatoms. The highest BCUT2D eigenvalue weighted by atomic mass is 15.3. The van der Waals surface area contributed by atoms with E-state index in [-0.39, 0.29) is 0 Å². The van der Waals surface area contributed by atoms with Crippen molar-refractivity contribution in [2.45, 2.75) is 20.3 Å². The van der Waals surface area contributed by atoms with Crippen LogP contribution in [0.2, 0.25) is 0 Å². The van der Waals surface area contributed by atoms with Crippen molar-refractivity contribution in [3.8, 4) is 0 Å². The van der Waals surface area contributed by atoms with Gasteiger partial charge < -0.3 is 20.0 Å². The van der Waals surface area contributed by atoms with Gasteiger partial charge in [0.15, 0.2) is 17.3 Å². The standard InChI is InChI=1S/C13H23N7/c1-3-7-19(4-2)8-5-15-12-13-16-6-9-20(13)10-11(17-12)18-14/h6,9-10,18H,3-5,7-8,14H2,1-2H3,(H,15,17). The van der Waals surface area contributed by atoms with Gasteiger partial charge in [0, 0.05) is 25.5 Å². The van der Waals surface area contributed by atoms with E-state index < -0.39 is 0 Å². The molecule has 0 aromatic carbocycles. The summed E-state index contributed by atoms with van der Waals surface area (Å²) in [6.45, 7) is 8.37. The Bertz CT molecular complexity index is 536. The van der Waals surface area contributed by atoms with Crippen LogP contribution in [0.1, 0.15) is 20.3 Å². The van der Waals surface area contributed by atoms with E-state index in [0.717, 1.165) is 37.6 Å². The van der Waals surface area contributed by atoms with Crippen LogP contribution in [0.25, 0.3) is 5.65 Å². The van der Waals surface area contributed by atoms with E-state index >= 15 is 0 Å². The third-order valence-electron chi connectivity index (χ3n) is 3.23. The molecule has 4 N–H and O–H groups in total. The van der Waals surface area contributed by atoms with Crippen LogP contribution in [-0.4, -0.2) is 45.4 Å². The zero-order valence-corrected chi connectivity index (χ0v) is 12.1. The van der Waals surface area contributed by atoms with E-state index in [9.17, 15) is 0 Å². The number of rotatable bonds is 8. The smallest absolute Gasteiger partial charge is 0.180 e. The Labute approximate surface area is 119 Å². The third kappa shape index (κ3) is 3.37. The Morgan fingerprint density at radius 2 is 2.20 bits per heavy atom. The molecular formula is C13H23N7. The Morgan fingerprint density at radius 1 is 1.35 bits per heavy atom. The lowest BCUT2D eigenvalue weighted by atomic mass is 10.4. The Kier molecular flexibility index (Phi) is 5.14. The van der Waals surface area contributed by atoms with Gasteiger partial charge in [0.2, 0.25) is 0 Å². The summed E-state index contributed by atoms with van der Waals surface area (Å²) in [5, 5.41) is 3.34. The molecule has 0 radical (unpaired) electrons. The van der Waals surface area contributed by atoms with Gasteiger partial charge in [-0.25, -0.2) is 15.8 Å². The molecule has 0 amide bonds. The first-order valence-corrected chi connectivity index (χ1v) is 7.05. The Morgan fingerprint density at radius 3 is 2.90 bits per heavy atom. The maximum Gasteiger partial charge on any atom is 0.180 e. The highest BCUT2D eigenvalue weighted by Gasteiger charge is 2.07. The number of nitrogens with two attached hydrogens (primary N) is 1. The van der Waals surface area contributed by atoms with Gasteiger partial charge in [-0.15, -0.1) is 0 Å². The van der Waals surface area contributed by atoms with Crippen molar-refractivity contribution in [1.82, 2.24) is 19.3 Å². The second-order valence-electron chi connectivity index (χ2n) is 4.64. The summed E-state index contributed by atoms with van der Waals surface area (Å²) in [5.74, 6) is 6.79. The molecule has 0 fully saturated rings. The summed E-state index contributed by atoms with van der Waals surface area (Å²) >= 11 is 0. The highest BCUT2D eigenvalue weighted by Crippen LogP contribution is 2.15. The zero-order valence-electron chi connectivity index (χ0n) is 12.1. The predicted molar refractivity (Wildman–Crippen MR) is 81.7 cm³/mol. The van der Waals surface area contributed by atoms with Crippen LogP contribution < -0.4 is 16.6 Å². The maximum atomic E-state index is 5.43. The van der Waals surface area contributed by atoms with E-state index in [1.807, 2.05) is 16.8 Å². The molecule has 7 nitrogen and oxygen atoms in total. The minimum atomic E-state index is 0.610. The molecule has 0 aliphatic rings. The van der Waals surface area contributed by atoms with Gasteiger partial charge in [-0.3, -0.25) is 0 Å². The van der Waals surface area contributed by atoms with E-state index in [0.29, 0.717) is 5.82 Å². The first kappa shape index (κ1) is 14.5. The summed E-state index contributed by atoms with van der Waals surface area (Å²) in [5.41, 5.74) is 3.38.